The number of dihydropyridines is 1. The molecule has 1 aromatic heterocycles. The van der Waals surface area contributed by atoms with Crippen molar-refractivity contribution in [2.24, 2.45) is 5.92 Å². The molecule has 2 aliphatic heterocycles. The number of carbonyl (C=O) groups excluding carboxylic acids is 2. The number of anilines is 1. The molecular weight excluding hydrogens is 576 g/mol. The standard InChI is InChI=1S/C38H42N4O4/c1-4-45-38(44)35-33(20-15-29-11-6-5-7-12-29)34(37(43)46-26-9-8-13-30-14-10-21-39-27-30)28(2)40-36(35)31-16-18-32(19-17-31)42-24-22-41(3)23-25-42/h5-7,10-12,14,16-19,21,27,33,40H,4,9,15,20,22-26H2,1-3H3. The molecule has 0 amide bonds. The molecule has 46 heavy (non-hydrogen) atoms. The van der Waals surface area contributed by atoms with Gasteiger partial charge in [-0.2, -0.15) is 0 Å². The lowest BCUT2D eigenvalue weighted by Crippen LogP contribution is -2.44. The van der Waals surface area contributed by atoms with Gasteiger partial charge in [0.2, 0.25) is 0 Å². The van der Waals surface area contributed by atoms with Gasteiger partial charge in [-0.25, -0.2) is 9.59 Å². The highest BCUT2D eigenvalue weighted by molar-refractivity contribution is 6.03. The number of hydrogen-bond acceptors (Lipinski definition) is 8. The Balaban J connectivity index is 1.43. The van der Waals surface area contributed by atoms with Crippen LogP contribution in [0.5, 0.6) is 0 Å². The summed E-state index contributed by atoms with van der Waals surface area (Å²) in [6.07, 6.45) is 4.97. The van der Waals surface area contributed by atoms with Crippen LogP contribution in [-0.4, -0.2) is 68.3 Å². The quantitative estimate of drug-likeness (QED) is 0.188. The number of nitrogens with zero attached hydrogens (tertiary/aromatic N) is 3. The Morgan fingerprint density at radius 3 is 2.37 bits per heavy atom. The second-order valence-corrected chi connectivity index (χ2v) is 11.5. The summed E-state index contributed by atoms with van der Waals surface area (Å²) in [7, 11) is 2.14. The number of nitrogens with one attached hydrogen (secondary N) is 1. The van der Waals surface area contributed by atoms with Crippen LogP contribution in [0.1, 0.15) is 43.4 Å². The first kappa shape index (κ1) is 32.5. The molecule has 8 heteroatoms. The first-order valence-corrected chi connectivity index (χ1v) is 16.0. The molecule has 8 nitrogen and oxygen atoms in total. The third kappa shape index (κ3) is 8.23. The van der Waals surface area contributed by atoms with E-state index in [1.807, 2.05) is 49.4 Å². The Morgan fingerprint density at radius 2 is 1.67 bits per heavy atom. The predicted molar refractivity (Wildman–Crippen MR) is 180 cm³/mol. The van der Waals surface area contributed by atoms with Gasteiger partial charge in [0, 0.05) is 67.9 Å². The van der Waals surface area contributed by atoms with Crippen LogP contribution in [0.4, 0.5) is 5.69 Å². The van der Waals surface area contributed by atoms with Crippen molar-refractivity contribution in [2.75, 3.05) is 51.3 Å². The summed E-state index contributed by atoms with van der Waals surface area (Å²) in [6, 6.07) is 22.1. The summed E-state index contributed by atoms with van der Waals surface area (Å²) >= 11 is 0. The molecule has 0 saturated carbocycles. The molecule has 0 aliphatic carbocycles. The predicted octanol–water partition coefficient (Wildman–Crippen LogP) is 5.22. The molecular formula is C38H42N4O4. The van der Waals surface area contributed by atoms with Crippen molar-refractivity contribution in [2.45, 2.75) is 33.1 Å². The molecule has 3 aromatic rings. The summed E-state index contributed by atoms with van der Waals surface area (Å²) in [4.78, 5) is 36.2. The molecule has 1 unspecified atom stereocenters. The van der Waals surface area contributed by atoms with Crippen molar-refractivity contribution in [3.63, 3.8) is 0 Å². The molecule has 0 spiro atoms. The van der Waals surface area contributed by atoms with Crippen LogP contribution >= 0.6 is 0 Å². The Kier molecular flexibility index (Phi) is 11.3. The van der Waals surface area contributed by atoms with Crippen LogP contribution in [0.2, 0.25) is 0 Å². The molecule has 2 aliphatic rings. The van der Waals surface area contributed by atoms with E-state index in [1.165, 1.54) is 0 Å². The van der Waals surface area contributed by atoms with Crippen molar-refractivity contribution in [3.8, 4) is 11.8 Å². The van der Waals surface area contributed by atoms with Gasteiger partial charge in [-0.1, -0.05) is 54.3 Å². The second-order valence-electron chi connectivity index (χ2n) is 11.5. The number of allylic oxidation sites excluding steroid dienone is 1. The summed E-state index contributed by atoms with van der Waals surface area (Å²) in [5.41, 5.74) is 6.15. The van der Waals surface area contributed by atoms with Crippen LogP contribution in [0.3, 0.4) is 0 Å². The summed E-state index contributed by atoms with van der Waals surface area (Å²) in [5, 5.41) is 3.41. The average molecular weight is 619 g/mol. The minimum atomic E-state index is -0.526. The molecule has 2 aromatic carbocycles. The van der Waals surface area contributed by atoms with E-state index in [2.05, 4.69) is 63.3 Å². The fraction of sp³-hybridized carbons (Fsp3) is 0.342. The van der Waals surface area contributed by atoms with Crippen LogP contribution in [0.15, 0.2) is 96.0 Å². The van der Waals surface area contributed by atoms with Gasteiger partial charge in [-0.05, 0) is 69.1 Å². The van der Waals surface area contributed by atoms with E-state index in [1.54, 1.807) is 19.3 Å². The number of carbonyl (C=O) groups is 2. The highest BCUT2D eigenvalue weighted by atomic mass is 16.5. The maximum Gasteiger partial charge on any atom is 0.336 e. The van der Waals surface area contributed by atoms with Gasteiger partial charge >= 0.3 is 11.9 Å². The number of likely N-dealkylation sites (N-methyl/N-ethyl adjacent to an activating group) is 1. The van der Waals surface area contributed by atoms with Gasteiger partial charge < -0.3 is 24.6 Å². The van der Waals surface area contributed by atoms with E-state index >= 15 is 0 Å². The van der Waals surface area contributed by atoms with E-state index < -0.39 is 17.9 Å². The van der Waals surface area contributed by atoms with Crippen molar-refractivity contribution < 1.29 is 19.1 Å². The number of ether oxygens (including phenoxy) is 2. The Labute approximate surface area is 272 Å². The lowest BCUT2D eigenvalue weighted by Gasteiger charge is -2.34. The number of esters is 2. The Morgan fingerprint density at radius 1 is 0.935 bits per heavy atom. The topological polar surface area (TPSA) is 84.0 Å². The SMILES string of the molecule is CCOC(=O)C1=C(c2ccc(N3CCN(C)CC3)cc2)NC(C)=C(C(=O)OCCC#Cc2cccnc2)C1CCc1ccccc1. The molecule has 5 rings (SSSR count). The fourth-order valence-electron chi connectivity index (χ4n) is 5.90. The van der Waals surface area contributed by atoms with Crippen LogP contribution < -0.4 is 10.2 Å². The summed E-state index contributed by atoms with van der Waals surface area (Å²) < 4.78 is 11.4. The third-order valence-corrected chi connectivity index (χ3v) is 8.34. The number of aromatic nitrogens is 1. The number of benzene rings is 2. The summed E-state index contributed by atoms with van der Waals surface area (Å²) in [5.74, 6) is 4.66. The minimum Gasteiger partial charge on any atom is -0.463 e. The van der Waals surface area contributed by atoms with Gasteiger partial charge in [0.25, 0.3) is 0 Å². The zero-order valence-electron chi connectivity index (χ0n) is 26.9. The maximum atomic E-state index is 13.7. The monoisotopic (exact) mass is 618 g/mol. The van der Waals surface area contributed by atoms with Gasteiger partial charge in [-0.15, -0.1) is 0 Å². The molecule has 0 radical (unpaired) electrons. The second kappa shape index (κ2) is 15.9. The van der Waals surface area contributed by atoms with Crippen molar-refractivity contribution in [1.82, 2.24) is 15.2 Å². The van der Waals surface area contributed by atoms with Gasteiger partial charge in [-0.3, -0.25) is 4.98 Å². The van der Waals surface area contributed by atoms with Crippen LogP contribution in [-0.2, 0) is 25.5 Å². The lowest BCUT2D eigenvalue weighted by molar-refractivity contribution is -0.140. The maximum absolute atomic E-state index is 13.7. The normalized spacial score (nSPS) is 16.8. The number of hydrogen-bond donors (Lipinski definition) is 1. The zero-order chi connectivity index (χ0) is 32.3. The van der Waals surface area contributed by atoms with E-state index in [9.17, 15) is 9.59 Å². The van der Waals surface area contributed by atoms with Gasteiger partial charge in [0.15, 0.2) is 0 Å². The Bertz CT molecular complexity index is 1610. The van der Waals surface area contributed by atoms with E-state index in [-0.39, 0.29) is 13.2 Å². The van der Waals surface area contributed by atoms with Crippen molar-refractivity contribution in [3.05, 3.63) is 113 Å². The third-order valence-electron chi connectivity index (χ3n) is 8.34. The Hall–Kier alpha value is -4.87. The van der Waals surface area contributed by atoms with Crippen molar-refractivity contribution in [1.29, 1.82) is 0 Å². The van der Waals surface area contributed by atoms with Gasteiger partial charge in [0.1, 0.15) is 6.61 Å². The van der Waals surface area contributed by atoms with E-state index in [0.29, 0.717) is 41.8 Å². The molecule has 238 valence electrons. The zero-order valence-corrected chi connectivity index (χ0v) is 26.9. The number of piperazine rings is 1. The highest BCUT2D eigenvalue weighted by Gasteiger charge is 2.38. The average Bonchev–Trinajstić information content (AvgIpc) is 3.08. The summed E-state index contributed by atoms with van der Waals surface area (Å²) in [6.45, 7) is 7.99. The molecule has 1 N–H and O–H groups in total. The number of aryl methyl sites for hydroxylation is 1. The molecule has 0 bridgehead atoms. The smallest absolute Gasteiger partial charge is 0.336 e. The van der Waals surface area contributed by atoms with E-state index in [4.69, 9.17) is 9.47 Å². The largest absolute Gasteiger partial charge is 0.463 e. The minimum absolute atomic E-state index is 0.132. The molecule has 1 saturated heterocycles. The highest BCUT2D eigenvalue weighted by Crippen LogP contribution is 2.38. The van der Waals surface area contributed by atoms with Crippen LogP contribution in [0.25, 0.3) is 5.70 Å². The first-order chi connectivity index (χ1) is 22.4. The van der Waals surface area contributed by atoms with Gasteiger partial charge in [0.05, 0.1) is 23.5 Å². The fourth-order valence-corrected chi connectivity index (χ4v) is 5.90. The first-order valence-electron chi connectivity index (χ1n) is 16.0. The van der Waals surface area contributed by atoms with Crippen molar-refractivity contribution >= 4 is 23.3 Å². The lowest BCUT2D eigenvalue weighted by atomic mass is 9.80. The number of rotatable bonds is 10. The van der Waals surface area contributed by atoms with E-state index in [0.717, 1.165) is 48.6 Å². The molecule has 1 atom stereocenters. The van der Waals surface area contributed by atoms with Crippen LogP contribution in [0, 0.1) is 17.8 Å². The molecule has 3 heterocycles. The number of pyridine rings is 1. The molecule has 1 fully saturated rings.